The Labute approximate surface area is 106 Å². The molecule has 0 aliphatic heterocycles. The van der Waals surface area contributed by atoms with Crippen LogP contribution in [0.4, 0.5) is 0 Å². The number of carbonyl (C=O) groups is 2. The Kier molecular flexibility index (Phi) is 4.55. The predicted molar refractivity (Wildman–Crippen MR) is 67.0 cm³/mol. The molecule has 1 aromatic heterocycles. The van der Waals surface area contributed by atoms with Crippen molar-refractivity contribution in [3.05, 3.63) is 29.1 Å². The lowest BCUT2D eigenvalue weighted by Crippen LogP contribution is -2.34. The summed E-state index contributed by atoms with van der Waals surface area (Å²) in [6.07, 6.45) is 1.06. The topological polar surface area (TPSA) is 82.3 Å². The number of primary amides is 1. The molecule has 98 valence electrons. The van der Waals surface area contributed by atoms with E-state index >= 15 is 0 Å². The molecule has 18 heavy (non-hydrogen) atoms. The molecule has 0 saturated carbocycles. The summed E-state index contributed by atoms with van der Waals surface area (Å²) < 4.78 is 4.99. The highest BCUT2D eigenvalue weighted by molar-refractivity contribution is 5.81. The average Bonchev–Trinajstić information content (AvgIpc) is 2.29. The van der Waals surface area contributed by atoms with Crippen molar-refractivity contribution in [2.24, 2.45) is 11.1 Å². The van der Waals surface area contributed by atoms with Crippen molar-refractivity contribution >= 4 is 12.2 Å². The van der Waals surface area contributed by atoms with Crippen LogP contribution in [0.15, 0.2) is 12.1 Å². The Balaban J connectivity index is 3.08. The molecule has 1 amide bonds. The van der Waals surface area contributed by atoms with Crippen molar-refractivity contribution in [3.63, 3.8) is 0 Å². The number of nitrogens with two attached hydrogens (primary N) is 1. The lowest BCUT2D eigenvalue weighted by molar-refractivity contribution is -0.125. The van der Waals surface area contributed by atoms with Crippen LogP contribution < -0.4 is 5.73 Å². The van der Waals surface area contributed by atoms with E-state index in [-0.39, 0.29) is 0 Å². The molecule has 0 bridgehead atoms. The first-order valence-electron chi connectivity index (χ1n) is 5.63. The predicted octanol–water partition coefficient (Wildman–Crippen LogP) is 1.09. The third kappa shape index (κ3) is 3.37. The Morgan fingerprint density at radius 3 is 2.67 bits per heavy atom. The lowest BCUT2D eigenvalue weighted by Gasteiger charge is -2.20. The molecule has 2 N–H and O–H groups in total. The van der Waals surface area contributed by atoms with Crippen LogP contribution in [-0.4, -0.2) is 24.3 Å². The summed E-state index contributed by atoms with van der Waals surface area (Å²) in [5, 5.41) is 0. The van der Waals surface area contributed by atoms with Crippen LogP contribution >= 0.6 is 0 Å². The molecule has 0 aliphatic carbocycles. The molecule has 0 atom stereocenters. The van der Waals surface area contributed by atoms with Gasteiger partial charge in [0.2, 0.25) is 5.91 Å². The van der Waals surface area contributed by atoms with E-state index in [0.29, 0.717) is 24.3 Å². The maximum atomic E-state index is 11.3. The molecule has 1 heterocycles. The second kappa shape index (κ2) is 5.73. The number of rotatable bonds is 6. The Morgan fingerprint density at radius 2 is 2.17 bits per heavy atom. The molecule has 0 unspecified atom stereocenters. The summed E-state index contributed by atoms with van der Waals surface area (Å²) in [4.78, 5) is 26.6. The summed E-state index contributed by atoms with van der Waals surface area (Å²) in [6.45, 7) is 3.83. The van der Waals surface area contributed by atoms with E-state index in [1.54, 1.807) is 33.1 Å². The molecule has 0 saturated heterocycles. The SMILES string of the molecule is COCc1ccc(C=O)c(CC(C)(C)C(N)=O)n1. The van der Waals surface area contributed by atoms with Crippen LogP contribution in [0.25, 0.3) is 0 Å². The third-order valence-corrected chi connectivity index (χ3v) is 2.76. The van der Waals surface area contributed by atoms with Gasteiger partial charge in [-0.15, -0.1) is 0 Å². The van der Waals surface area contributed by atoms with E-state index in [1.807, 2.05) is 0 Å². The zero-order chi connectivity index (χ0) is 13.8. The van der Waals surface area contributed by atoms with Crippen LogP contribution in [-0.2, 0) is 22.6 Å². The summed E-state index contributed by atoms with van der Waals surface area (Å²) >= 11 is 0. The smallest absolute Gasteiger partial charge is 0.223 e. The van der Waals surface area contributed by atoms with Gasteiger partial charge in [-0.3, -0.25) is 14.6 Å². The van der Waals surface area contributed by atoms with Gasteiger partial charge in [-0.1, -0.05) is 13.8 Å². The van der Waals surface area contributed by atoms with Gasteiger partial charge in [0.05, 0.1) is 18.0 Å². The van der Waals surface area contributed by atoms with E-state index in [9.17, 15) is 9.59 Å². The number of aldehydes is 1. The molecular weight excluding hydrogens is 232 g/mol. The highest BCUT2D eigenvalue weighted by atomic mass is 16.5. The molecule has 0 radical (unpaired) electrons. The number of hydrogen-bond donors (Lipinski definition) is 1. The molecule has 0 aromatic carbocycles. The fourth-order valence-corrected chi connectivity index (χ4v) is 1.54. The number of hydrogen-bond acceptors (Lipinski definition) is 4. The Bertz CT molecular complexity index is 456. The molecule has 5 heteroatoms. The summed E-state index contributed by atoms with van der Waals surface area (Å²) in [5.74, 6) is -0.418. The second-order valence-corrected chi connectivity index (χ2v) is 4.81. The first-order chi connectivity index (χ1) is 8.40. The van der Waals surface area contributed by atoms with E-state index in [1.165, 1.54) is 0 Å². The van der Waals surface area contributed by atoms with Crippen LogP contribution in [0.3, 0.4) is 0 Å². The van der Waals surface area contributed by atoms with Gasteiger partial charge in [-0.2, -0.15) is 0 Å². The van der Waals surface area contributed by atoms with Gasteiger partial charge in [0.1, 0.15) is 0 Å². The highest BCUT2D eigenvalue weighted by Crippen LogP contribution is 2.22. The van der Waals surface area contributed by atoms with E-state index in [0.717, 1.165) is 12.0 Å². The molecule has 0 spiro atoms. The van der Waals surface area contributed by atoms with Gasteiger partial charge >= 0.3 is 0 Å². The maximum Gasteiger partial charge on any atom is 0.223 e. The van der Waals surface area contributed by atoms with Gasteiger partial charge in [0, 0.05) is 24.5 Å². The maximum absolute atomic E-state index is 11.3. The number of methoxy groups -OCH3 is 1. The summed E-state index contributed by atoms with van der Waals surface area (Å²) in [5.41, 5.74) is 6.36. The number of pyridine rings is 1. The van der Waals surface area contributed by atoms with Crippen molar-refractivity contribution in [1.29, 1.82) is 0 Å². The molecule has 1 rings (SSSR count). The number of amides is 1. The normalized spacial score (nSPS) is 11.3. The van der Waals surface area contributed by atoms with Crippen LogP contribution in [0.2, 0.25) is 0 Å². The molecule has 1 aromatic rings. The fourth-order valence-electron chi connectivity index (χ4n) is 1.54. The minimum Gasteiger partial charge on any atom is -0.378 e. The lowest BCUT2D eigenvalue weighted by atomic mass is 9.86. The van der Waals surface area contributed by atoms with Crippen molar-refractivity contribution in [2.45, 2.75) is 26.9 Å². The first-order valence-corrected chi connectivity index (χ1v) is 5.63. The zero-order valence-electron chi connectivity index (χ0n) is 10.9. The standard InChI is InChI=1S/C13H18N2O3/c1-13(2,12(14)17)6-11-9(7-16)4-5-10(15-11)8-18-3/h4-5,7H,6,8H2,1-3H3,(H2,14,17). The van der Waals surface area contributed by atoms with Crippen molar-refractivity contribution in [2.75, 3.05) is 7.11 Å². The van der Waals surface area contributed by atoms with Crippen molar-refractivity contribution < 1.29 is 14.3 Å². The van der Waals surface area contributed by atoms with E-state index in [4.69, 9.17) is 10.5 Å². The average molecular weight is 250 g/mol. The quantitative estimate of drug-likeness (QED) is 0.766. The highest BCUT2D eigenvalue weighted by Gasteiger charge is 2.27. The number of carbonyl (C=O) groups excluding carboxylic acids is 2. The third-order valence-electron chi connectivity index (χ3n) is 2.76. The minimum absolute atomic E-state index is 0.327. The fraction of sp³-hybridized carbons (Fsp3) is 0.462. The van der Waals surface area contributed by atoms with E-state index in [2.05, 4.69) is 4.98 Å². The van der Waals surface area contributed by atoms with Crippen molar-refractivity contribution in [1.82, 2.24) is 4.98 Å². The number of ether oxygens (including phenoxy) is 1. The van der Waals surface area contributed by atoms with Gasteiger partial charge in [0.25, 0.3) is 0 Å². The molecule has 0 aliphatic rings. The number of aromatic nitrogens is 1. The second-order valence-electron chi connectivity index (χ2n) is 4.81. The minimum atomic E-state index is -0.740. The molecule has 0 fully saturated rings. The van der Waals surface area contributed by atoms with Gasteiger partial charge in [-0.05, 0) is 12.1 Å². The zero-order valence-corrected chi connectivity index (χ0v) is 10.9. The van der Waals surface area contributed by atoms with Gasteiger partial charge < -0.3 is 10.5 Å². The Hall–Kier alpha value is -1.75. The van der Waals surface area contributed by atoms with Crippen LogP contribution in [0, 0.1) is 5.41 Å². The summed E-state index contributed by atoms with van der Waals surface area (Å²) in [7, 11) is 1.57. The largest absolute Gasteiger partial charge is 0.378 e. The van der Waals surface area contributed by atoms with Crippen molar-refractivity contribution in [3.8, 4) is 0 Å². The van der Waals surface area contributed by atoms with Crippen LogP contribution in [0.1, 0.15) is 35.6 Å². The molecule has 5 nitrogen and oxygen atoms in total. The van der Waals surface area contributed by atoms with Crippen LogP contribution in [0.5, 0.6) is 0 Å². The first kappa shape index (κ1) is 14.3. The molecular formula is C13H18N2O3. The Morgan fingerprint density at radius 1 is 1.50 bits per heavy atom. The van der Waals surface area contributed by atoms with Gasteiger partial charge in [-0.25, -0.2) is 0 Å². The number of nitrogens with zero attached hydrogens (tertiary/aromatic N) is 1. The van der Waals surface area contributed by atoms with Gasteiger partial charge in [0.15, 0.2) is 6.29 Å². The van der Waals surface area contributed by atoms with E-state index < -0.39 is 11.3 Å². The monoisotopic (exact) mass is 250 g/mol. The summed E-state index contributed by atoms with van der Waals surface area (Å²) in [6, 6.07) is 3.41.